The molecule has 1 saturated heterocycles. The van der Waals surface area contributed by atoms with Crippen LogP contribution in [0.1, 0.15) is 45.4 Å². The van der Waals surface area contributed by atoms with E-state index < -0.39 is 0 Å². The van der Waals surface area contributed by atoms with Gasteiger partial charge in [0.2, 0.25) is 5.91 Å². The van der Waals surface area contributed by atoms with E-state index in [1.165, 1.54) is 38.5 Å². The largest absolute Gasteiger partial charge is 0.368 e. The molecule has 0 radical (unpaired) electrons. The Kier molecular flexibility index (Phi) is 3.01. The Morgan fingerprint density at radius 1 is 1.20 bits per heavy atom. The van der Waals surface area contributed by atoms with Gasteiger partial charge < -0.3 is 5.73 Å². The van der Waals surface area contributed by atoms with Crippen molar-refractivity contribution in [3.63, 3.8) is 0 Å². The molecule has 1 atom stereocenters. The van der Waals surface area contributed by atoms with E-state index in [2.05, 4.69) is 4.90 Å². The zero-order chi connectivity index (χ0) is 10.9. The van der Waals surface area contributed by atoms with Crippen LogP contribution in [-0.2, 0) is 4.79 Å². The normalized spacial score (nSPS) is 28.1. The molecule has 2 aliphatic rings. The number of carbonyl (C=O) groups excluding carboxylic acids is 1. The third-order valence-corrected chi connectivity index (χ3v) is 4.48. The summed E-state index contributed by atoms with van der Waals surface area (Å²) in [5.74, 6) is -0.183. The van der Waals surface area contributed by atoms with Crippen molar-refractivity contribution < 1.29 is 4.79 Å². The second-order valence-corrected chi connectivity index (χ2v) is 5.32. The number of hydrogen-bond acceptors (Lipinski definition) is 2. The Bertz CT molecular complexity index is 236. The minimum absolute atomic E-state index is 0.0799. The minimum atomic E-state index is -0.183. The van der Waals surface area contributed by atoms with Gasteiger partial charge in [-0.15, -0.1) is 0 Å². The maximum Gasteiger partial charge on any atom is 0.234 e. The van der Waals surface area contributed by atoms with Gasteiger partial charge in [-0.2, -0.15) is 0 Å². The van der Waals surface area contributed by atoms with Crippen molar-refractivity contribution in [2.24, 2.45) is 11.1 Å². The van der Waals surface area contributed by atoms with Crippen LogP contribution in [0.3, 0.4) is 0 Å². The maximum atomic E-state index is 11.1. The summed E-state index contributed by atoms with van der Waals surface area (Å²) in [7, 11) is 0. The predicted molar refractivity (Wildman–Crippen MR) is 60.4 cm³/mol. The van der Waals surface area contributed by atoms with Crippen molar-refractivity contribution in [1.29, 1.82) is 0 Å². The Morgan fingerprint density at radius 2 is 1.73 bits per heavy atom. The third-order valence-electron chi connectivity index (χ3n) is 4.48. The van der Waals surface area contributed by atoms with Gasteiger partial charge in [0.1, 0.15) is 0 Å². The van der Waals surface area contributed by atoms with Crippen molar-refractivity contribution in [1.82, 2.24) is 4.90 Å². The quantitative estimate of drug-likeness (QED) is 0.751. The van der Waals surface area contributed by atoms with E-state index in [9.17, 15) is 4.79 Å². The fourth-order valence-corrected chi connectivity index (χ4v) is 3.19. The topological polar surface area (TPSA) is 46.3 Å². The lowest BCUT2D eigenvalue weighted by atomic mass is 9.77. The number of likely N-dealkylation sites (tertiary alicyclic amines) is 1. The molecule has 1 spiro atoms. The van der Waals surface area contributed by atoms with E-state index in [1.54, 1.807) is 0 Å². The monoisotopic (exact) mass is 210 g/mol. The highest BCUT2D eigenvalue weighted by molar-refractivity contribution is 5.79. The number of amides is 1. The molecule has 0 aromatic carbocycles. The Hall–Kier alpha value is -0.570. The lowest BCUT2D eigenvalue weighted by Crippen LogP contribution is -2.48. The SMILES string of the molecule is CC(C(N)=O)N1CCC2(CCCC2)CC1. The Labute approximate surface area is 92.0 Å². The first-order chi connectivity index (χ1) is 7.13. The highest BCUT2D eigenvalue weighted by Gasteiger charge is 2.38. The molecule has 1 amide bonds. The van der Waals surface area contributed by atoms with E-state index >= 15 is 0 Å². The molecule has 1 unspecified atom stereocenters. The van der Waals surface area contributed by atoms with E-state index in [0.29, 0.717) is 5.41 Å². The van der Waals surface area contributed by atoms with Crippen molar-refractivity contribution in [3.8, 4) is 0 Å². The van der Waals surface area contributed by atoms with Crippen LogP contribution in [0.15, 0.2) is 0 Å². The molecule has 2 rings (SSSR count). The molecule has 1 aliphatic carbocycles. The molecular formula is C12H22N2O. The van der Waals surface area contributed by atoms with Gasteiger partial charge in [0.05, 0.1) is 6.04 Å². The number of nitrogens with two attached hydrogens (primary N) is 1. The summed E-state index contributed by atoms with van der Waals surface area (Å²) in [6.07, 6.45) is 8.17. The first-order valence-corrected chi connectivity index (χ1v) is 6.16. The van der Waals surface area contributed by atoms with Crippen LogP contribution in [-0.4, -0.2) is 29.9 Å². The second kappa shape index (κ2) is 4.12. The van der Waals surface area contributed by atoms with Crippen molar-refractivity contribution in [3.05, 3.63) is 0 Å². The van der Waals surface area contributed by atoms with Crippen molar-refractivity contribution in [2.75, 3.05) is 13.1 Å². The molecule has 3 nitrogen and oxygen atoms in total. The zero-order valence-electron chi connectivity index (χ0n) is 9.67. The van der Waals surface area contributed by atoms with Crippen molar-refractivity contribution in [2.45, 2.75) is 51.5 Å². The lowest BCUT2D eigenvalue weighted by molar-refractivity contribution is -0.123. The Morgan fingerprint density at radius 3 is 2.20 bits per heavy atom. The summed E-state index contributed by atoms with van der Waals surface area (Å²) in [4.78, 5) is 13.3. The fourth-order valence-electron chi connectivity index (χ4n) is 3.19. The van der Waals surface area contributed by atoms with E-state index in [0.717, 1.165) is 13.1 Å². The average molecular weight is 210 g/mol. The van der Waals surface area contributed by atoms with Gasteiger partial charge in [0.15, 0.2) is 0 Å². The average Bonchev–Trinajstić information content (AvgIpc) is 2.67. The standard InChI is InChI=1S/C12H22N2O/c1-10(11(13)15)14-8-6-12(7-9-14)4-2-3-5-12/h10H,2-9H2,1H3,(H2,13,15). The van der Waals surface area contributed by atoms with Gasteiger partial charge in [-0.3, -0.25) is 9.69 Å². The lowest BCUT2D eigenvalue weighted by Gasteiger charge is -2.41. The molecule has 0 aromatic heterocycles. The summed E-state index contributed by atoms with van der Waals surface area (Å²) in [5.41, 5.74) is 5.96. The van der Waals surface area contributed by atoms with Crippen molar-refractivity contribution >= 4 is 5.91 Å². The second-order valence-electron chi connectivity index (χ2n) is 5.32. The highest BCUT2D eigenvalue weighted by atomic mass is 16.1. The van der Waals surface area contributed by atoms with Gasteiger partial charge in [-0.25, -0.2) is 0 Å². The van der Waals surface area contributed by atoms with Gasteiger partial charge in [-0.05, 0) is 51.1 Å². The fraction of sp³-hybridized carbons (Fsp3) is 0.917. The number of piperidine rings is 1. The van der Waals surface area contributed by atoms with Gasteiger partial charge in [0.25, 0.3) is 0 Å². The van der Waals surface area contributed by atoms with E-state index in [-0.39, 0.29) is 11.9 Å². The first-order valence-electron chi connectivity index (χ1n) is 6.16. The first kappa shape index (κ1) is 10.9. The maximum absolute atomic E-state index is 11.1. The van der Waals surface area contributed by atoms with Gasteiger partial charge in [-0.1, -0.05) is 12.8 Å². The molecule has 1 aliphatic heterocycles. The van der Waals surface area contributed by atoms with Crippen LogP contribution in [0.25, 0.3) is 0 Å². The summed E-state index contributed by atoms with van der Waals surface area (Å²) in [6, 6.07) is -0.0799. The van der Waals surface area contributed by atoms with Crippen LogP contribution in [0, 0.1) is 5.41 Å². The molecular weight excluding hydrogens is 188 g/mol. The number of rotatable bonds is 2. The summed E-state index contributed by atoms with van der Waals surface area (Å²) in [6.45, 7) is 4.04. The highest BCUT2D eigenvalue weighted by Crippen LogP contribution is 2.46. The Balaban J connectivity index is 1.89. The smallest absolute Gasteiger partial charge is 0.234 e. The van der Waals surface area contributed by atoms with Crippen LogP contribution in [0.2, 0.25) is 0 Å². The molecule has 3 heteroatoms. The number of hydrogen-bond donors (Lipinski definition) is 1. The molecule has 2 fully saturated rings. The molecule has 1 heterocycles. The number of primary amides is 1. The van der Waals surface area contributed by atoms with Crippen LogP contribution >= 0.6 is 0 Å². The molecule has 15 heavy (non-hydrogen) atoms. The summed E-state index contributed by atoms with van der Waals surface area (Å²) < 4.78 is 0. The van der Waals surface area contributed by atoms with E-state index in [4.69, 9.17) is 5.73 Å². The van der Waals surface area contributed by atoms with Crippen LogP contribution < -0.4 is 5.73 Å². The zero-order valence-corrected chi connectivity index (χ0v) is 9.67. The number of nitrogens with zero attached hydrogens (tertiary/aromatic N) is 1. The van der Waals surface area contributed by atoms with Crippen LogP contribution in [0.4, 0.5) is 0 Å². The van der Waals surface area contributed by atoms with Crippen LogP contribution in [0.5, 0.6) is 0 Å². The van der Waals surface area contributed by atoms with Gasteiger partial charge in [0, 0.05) is 0 Å². The third kappa shape index (κ3) is 2.17. The molecule has 0 bridgehead atoms. The predicted octanol–water partition coefficient (Wildman–Crippen LogP) is 1.52. The minimum Gasteiger partial charge on any atom is -0.368 e. The molecule has 0 aromatic rings. The van der Waals surface area contributed by atoms with Gasteiger partial charge >= 0.3 is 0 Å². The summed E-state index contributed by atoms with van der Waals surface area (Å²) >= 11 is 0. The summed E-state index contributed by atoms with van der Waals surface area (Å²) in [5, 5.41) is 0. The van der Waals surface area contributed by atoms with E-state index in [1.807, 2.05) is 6.92 Å². The molecule has 86 valence electrons. The number of carbonyl (C=O) groups is 1. The molecule has 1 saturated carbocycles. The molecule has 2 N–H and O–H groups in total.